The molecule has 0 aromatic heterocycles. The van der Waals surface area contributed by atoms with Crippen LogP contribution < -0.4 is 5.32 Å². The molecule has 0 aliphatic rings. The summed E-state index contributed by atoms with van der Waals surface area (Å²) < 4.78 is 5.01. The van der Waals surface area contributed by atoms with Crippen LogP contribution in [0.1, 0.15) is 25.8 Å². The molecule has 3 N–H and O–H groups in total. The molecule has 7 nitrogen and oxygen atoms in total. The first-order valence-electron chi connectivity index (χ1n) is 9.89. The largest absolute Gasteiger partial charge is 0.474 e. The number of halogens is 1. The maximum atomic E-state index is 12.0. The smallest absolute Gasteiger partial charge is 0.394 e. The van der Waals surface area contributed by atoms with Crippen molar-refractivity contribution in [1.29, 1.82) is 0 Å². The molecule has 2 aromatic carbocycles. The van der Waals surface area contributed by atoms with Crippen molar-refractivity contribution in [2.24, 2.45) is 5.92 Å². The van der Waals surface area contributed by atoms with Gasteiger partial charge in [-0.15, -0.1) is 0 Å². The maximum absolute atomic E-state index is 12.0. The monoisotopic (exact) mass is 447 g/mol. The zero-order chi connectivity index (χ0) is 23.0. The molecule has 0 bridgehead atoms. The molecule has 0 saturated heterocycles. The van der Waals surface area contributed by atoms with Crippen LogP contribution in [0.5, 0.6) is 0 Å². The predicted octanol–water partition coefficient (Wildman–Crippen LogP) is 3.07. The summed E-state index contributed by atoms with van der Waals surface area (Å²) in [4.78, 5) is 34.6. The van der Waals surface area contributed by atoms with Crippen LogP contribution in [0.4, 0.5) is 0 Å². The summed E-state index contributed by atoms with van der Waals surface area (Å²) in [5.41, 5.74) is 2.68. The van der Waals surface area contributed by atoms with E-state index >= 15 is 0 Å². The Labute approximate surface area is 186 Å². The first-order valence-corrected chi connectivity index (χ1v) is 10.3. The molecule has 0 radical (unpaired) electrons. The Hall–Kier alpha value is -2.90. The third-order valence-corrected chi connectivity index (χ3v) is 4.70. The van der Waals surface area contributed by atoms with E-state index in [0.717, 1.165) is 16.7 Å². The highest BCUT2D eigenvalue weighted by Crippen LogP contribution is 2.23. The van der Waals surface area contributed by atoms with E-state index in [1.165, 1.54) is 0 Å². The summed E-state index contributed by atoms with van der Waals surface area (Å²) in [5, 5.41) is 22.0. The van der Waals surface area contributed by atoms with E-state index in [1.807, 2.05) is 56.3 Å². The van der Waals surface area contributed by atoms with Gasteiger partial charge in [-0.2, -0.15) is 0 Å². The van der Waals surface area contributed by atoms with Gasteiger partial charge in [0.15, 0.2) is 6.10 Å². The number of rotatable bonds is 9. The number of aliphatic hydroxyl groups excluding tert-OH is 1. The Bertz CT molecular complexity index is 913. The highest BCUT2D eigenvalue weighted by atomic mass is 35.5. The maximum Gasteiger partial charge on any atom is 0.394 e. The highest BCUT2D eigenvalue weighted by molar-refractivity contribution is 6.31. The minimum absolute atomic E-state index is 0.108. The van der Waals surface area contributed by atoms with Gasteiger partial charge in [-0.25, -0.2) is 9.59 Å². The van der Waals surface area contributed by atoms with Crippen LogP contribution >= 0.6 is 11.6 Å². The SMILES string of the molecule is CC(C)COC(=O)[C@H](O)C[C@@H](Cc1ccc(-c2cccc(Cl)c2)cc1)NC(=O)C(=O)O. The molecule has 0 saturated carbocycles. The summed E-state index contributed by atoms with van der Waals surface area (Å²) in [6.07, 6.45) is -1.43. The number of amides is 1. The number of hydrogen-bond donors (Lipinski definition) is 3. The molecule has 8 heteroatoms. The number of carbonyl (C=O) groups excluding carboxylic acids is 2. The van der Waals surface area contributed by atoms with Gasteiger partial charge in [0.2, 0.25) is 0 Å². The number of carboxylic acid groups (broad SMARTS) is 1. The van der Waals surface area contributed by atoms with Crippen LogP contribution in [0.3, 0.4) is 0 Å². The van der Waals surface area contributed by atoms with Crippen molar-refractivity contribution < 1.29 is 29.3 Å². The number of nitrogens with one attached hydrogen (secondary N) is 1. The van der Waals surface area contributed by atoms with Gasteiger partial charge >= 0.3 is 17.8 Å². The molecule has 0 spiro atoms. The molecule has 2 rings (SSSR count). The van der Waals surface area contributed by atoms with E-state index in [1.54, 1.807) is 6.07 Å². The Morgan fingerprint density at radius 2 is 1.74 bits per heavy atom. The van der Waals surface area contributed by atoms with Gasteiger partial charge in [0.1, 0.15) is 0 Å². The van der Waals surface area contributed by atoms with E-state index in [0.29, 0.717) is 5.02 Å². The lowest BCUT2D eigenvalue weighted by atomic mass is 9.98. The lowest BCUT2D eigenvalue weighted by Crippen LogP contribution is -2.43. The highest BCUT2D eigenvalue weighted by Gasteiger charge is 2.25. The summed E-state index contributed by atoms with van der Waals surface area (Å²) in [6.45, 7) is 3.89. The lowest BCUT2D eigenvalue weighted by molar-refractivity contribution is -0.155. The van der Waals surface area contributed by atoms with E-state index < -0.39 is 30.0 Å². The van der Waals surface area contributed by atoms with Crippen LogP contribution in [0, 0.1) is 5.92 Å². The molecular weight excluding hydrogens is 422 g/mol. The third kappa shape index (κ3) is 8.03. The Balaban J connectivity index is 2.10. The number of aliphatic hydroxyl groups is 1. The fourth-order valence-corrected chi connectivity index (χ4v) is 3.13. The minimum atomic E-state index is -1.64. The molecule has 0 heterocycles. The van der Waals surface area contributed by atoms with Crippen molar-refractivity contribution in [3.63, 3.8) is 0 Å². The Morgan fingerprint density at radius 3 is 2.32 bits per heavy atom. The summed E-state index contributed by atoms with van der Waals surface area (Å²) in [7, 11) is 0. The number of hydrogen-bond acceptors (Lipinski definition) is 5. The molecule has 1 amide bonds. The average molecular weight is 448 g/mol. The van der Waals surface area contributed by atoms with E-state index in [4.69, 9.17) is 21.4 Å². The van der Waals surface area contributed by atoms with Crippen molar-refractivity contribution in [1.82, 2.24) is 5.32 Å². The molecule has 2 aromatic rings. The van der Waals surface area contributed by atoms with Crippen molar-refractivity contribution in [2.45, 2.75) is 38.8 Å². The third-order valence-electron chi connectivity index (χ3n) is 4.46. The van der Waals surface area contributed by atoms with Crippen molar-refractivity contribution in [3.05, 3.63) is 59.1 Å². The molecule has 0 aliphatic carbocycles. The molecular formula is C23H26ClNO6. The Morgan fingerprint density at radius 1 is 1.06 bits per heavy atom. The number of aliphatic carboxylic acids is 1. The van der Waals surface area contributed by atoms with Crippen LogP contribution in [-0.4, -0.2) is 46.8 Å². The van der Waals surface area contributed by atoms with Gasteiger partial charge in [0.05, 0.1) is 6.61 Å². The average Bonchev–Trinajstić information content (AvgIpc) is 2.72. The van der Waals surface area contributed by atoms with Gasteiger partial charge in [0, 0.05) is 17.5 Å². The zero-order valence-corrected chi connectivity index (χ0v) is 18.1. The Kier molecular flexibility index (Phi) is 9.03. The molecule has 0 unspecified atom stereocenters. The molecule has 2 atom stereocenters. The van der Waals surface area contributed by atoms with Gasteiger partial charge in [0.25, 0.3) is 0 Å². The molecule has 0 fully saturated rings. The van der Waals surface area contributed by atoms with Crippen molar-refractivity contribution in [2.75, 3.05) is 6.61 Å². The summed E-state index contributed by atoms with van der Waals surface area (Å²) in [6, 6.07) is 14.0. The van der Waals surface area contributed by atoms with Gasteiger partial charge in [-0.05, 0) is 41.2 Å². The molecule has 0 aliphatic heterocycles. The molecule has 31 heavy (non-hydrogen) atoms. The second-order valence-electron chi connectivity index (χ2n) is 7.66. The second-order valence-corrected chi connectivity index (χ2v) is 8.10. The lowest BCUT2D eigenvalue weighted by Gasteiger charge is -2.21. The van der Waals surface area contributed by atoms with Crippen LogP contribution in [-0.2, 0) is 25.5 Å². The first-order chi connectivity index (χ1) is 14.7. The zero-order valence-electron chi connectivity index (χ0n) is 17.4. The number of esters is 1. The summed E-state index contributed by atoms with van der Waals surface area (Å²) in [5.74, 6) is -3.54. The van der Waals surface area contributed by atoms with Crippen molar-refractivity contribution in [3.8, 4) is 11.1 Å². The standard InChI is InChI=1S/C23H26ClNO6/c1-14(2)13-31-23(30)20(26)12-19(25-21(27)22(28)29)10-15-6-8-16(9-7-15)17-4-3-5-18(24)11-17/h3-9,11,14,19-20,26H,10,12-13H2,1-2H3,(H,25,27)(H,28,29)/t19-,20-/m1/s1. The molecule has 166 valence electrons. The van der Waals surface area contributed by atoms with Crippen molar-refractivity contribution >= 4 is 29.4 Å². The normalized spacial score (nSPS) is 12.8. The van der Waals surface area contributed by atoms with Gasteiger partial charge in [-0.1, -0.05) is 61.8 Å². The number of carbonyl (C=O) groups is 3. The quantitative estimate of drug-likeness (QED) is 0.402. The first kappa shape index (κ1) is 24.4. The van der Waals surface area contributed by atoms with Crippen LogP contribution in [0.15, 0.2) is 48.5 Å². The minimum Gasteiger partial charge on any atom is -0.474 e. The summed E-state index contributed by atoms with van der Waals surface area (Å²) >= 11 is 6.03. The fourth-order valence-electron chi connectivity index (χ4n) is 2.94. The second kappa shape index (κ2) is 11.5. The van der Waals surface area contributed by atoms with Gasteiger partial charge < -0.3 is 20.3 Å². The van der Waals surface area contributed by atoms with Crippen LogP contribution in [0.2, 0.25) is 5.02 Å². The van der Waals surface area contributed by atoms with E-state index in [9.17, 15) is 19.5 Å². The number of ether oxygens (including phenoxy) is 1. The number of benzene rings is 2. The van der Waals surface area contributed by atoms with Gasteiger partial charge in [-0.3, -0.25) is 4.79 Å². The van der Waals surface area contributed by atoms with Crippen LogP contribution in [0.25, 0.3) is 11.1 Å². The predicted molar refractivity (Wildman–Crippen MR) is 117 cm³/mol. The topological polar surface area (TPSA) is 113 Å². The van der Waals surface area contributed by atoms with E-state index in [-0.39, 0.29) is 25.4 Å². The fraction of sp³-hybridized carbons (Fsp3) is 0.348. The number of carboxylic acids is 1. The van der Waals surface area contributed by atoms with E-state index in [2.05, 4.69) is 5.32 Å².